The molecule has 0 unspecified atom stereocenters. The highest BCUT2D eigenvalue weighted by Gasteiger charge is 2.13. The molecule has 0 radical (unpaired) electrons. The normalized spacial score (nSPS) is 10.4. The standard InChI is InChI=1S/C15H10N4O4/c20-14-11-6-1-2-7-12(11)17-13(18-14)15(21)16-9-4-3-5-10(8-9)19(22)23/h1-8H,(H,16,21)(H,17,18,20). The zero-order valence-electron chi connectivity index (χ0n) is 11.6. The van der Waals surface area contributed by atoms with E-state index in [9.17, 15) is 19.7 Å². The fourth-order valence-electron chi connectivity index (χ4n) is 2.08. The molecule has 0 aliphatic rings. The third-order valence-corrected chi connectivity index (χ3v) is 3.14. The molecule has 2 aromatic carbocycles. The van der Waals surface area contributed by atoms with E-state index in [-0.39, 0.29) is 17.2 Å². The van der Waals surface area contributed by atoms with Crippen molar-refractivity contribution >= 4 is 28.2 Å². The van der Waals surface area contributed by atoms with Gasteiger partial charge >= 0.3 is 0 Å². The first-order valence-electron chi connectivity index (χ1n) is 6.59. The Hall–Kier alpha value is -3.55. The van der Waals surface area contributed by atoms with E-state index in [1.807, 2.05) is 0 Å². The number of H-pyrrole nitrogens is 1. The molecular weight excluding hydrogens is 300 g/mol. The number of hydrogen-bond acceptors (Lipinski definition) is 5. The Balaban J connectivity index is 1.93. The fraction of sp³-hybridized carbons (Fsp3) is 0. The summed E-state index contributed by atoms with van der Waals surface area (Å²) >= 11 is 0. The monoisotopic (exact) mass is 310 g/mol. The average molecular weight is 310 g/mol. The van der Waals surface area contributed by atoms with E-state index in [1.165, 1.54) is 24.3 Å². The van der Waals surface area contributed by atoms with Crippen LogP contribution in [0.1, 0.15) is 10.6 Å². The second-order valence-electron chi connectivity index (χ2n) is 4.69. The zero-order valence-corrected chi connectivity index (χ0v) is 11.6. The number of para-hydroxylation sites is 1. The van der Waals surface area contributed by atoms with Gasteiger partial charge in [0.15, 0.2) is 5.82 Å². The van der Waals surface area contributed by atoms with Crippen molar-refractivity contribution in [1.82, 2.24) is 9.97 Å². The molecular formula is C15H10N4O4. The number of anilines is 1. The lowest BCUT2D eigenvalue weighted by Crippen LogP contribution is -2.21. The van der Waals surface area contributed by atoms with Gasteiger partial charge in [-0.1, -0.05) is 18.2 Å². The predicted molar refractivity (Wildman–Crippen MR) is 83.4 cm³/mol. The summed E-state index contributed by atoms with van der Waals surface area (Å²) in [6.07, 6.45) is 0. The van der Waals surface area contributed by atoms with Crippen LogP contribution in [0.15, 0.2) is 53.3 Å². The minimum Gasteiger partial charge on any atom is -0.319 e. The van der Waals surface area contributed by atoms with Crippen LogP contribution in [-0.4, -0.2) is 20.8 Å². The second-order valence-corrected chi connectivity index (χ2v) is 4.69. The first-order chi connectivity index (χ1) is 11.0. The number of nitrogens with one attached hydrogen (secondary N) is 2. The van der Waals surface area contributed by atoms with Gasteiger partial charge in [0.2, 0.25) is 0 Å². The topological polar surface area (TPSA) is 118 Å². The molecule has 1 heterocycles. The summed E-state index contributed by atoms with van der Waals surface area (Å²) in [7, 11) is 0. The molecule has 0 atom stereocenters. The van der Waals surface area contributed by atoms with Crippen molar-refractivity contribution < 1.29 is 9.72 Å². The molecule has 1 aromatic heterocycles. The molecule has 23 heavy (non-hydrogen) atoms. The number of aromatic nitrogens is 2. The highest BCUT2D eigenvalue weighted by atomic mass is 16.6. The summed E-state index contributed by atoms with van der Waals surface area (Å²) in [5.41, 5.74) is 0.0445. The summed E-state index contributed by atoms with van der Waals surface area (Å²) in [5.74, 6) is -0.825. The van der Waals surface area contributed by atoms with Crippen LogP contribution in [-0.2, 0) is 0 Å². The molecule has 0 saturated heterocycles. The molecule has 0 spiro atoms. The van der Waals surface area contributed by atoms with Crippen molar-refractivity contribution in [3.05, 3.63) is 74.8 Å². The molecule has 0 aliphatic carbocycles. The van der Waals surface area contributed by atoms with E-state index in [4.69, 9.17) is 0 Å². The van der Waals surface area contributed by atoms with Crippen LogP contribution >= 0.6 is 0 Å². The lowest BCUT2D eigenvalue weighted by molar-refractivity contribution is -0.384. The molecule has 0 bridgehead atoms. The number of amides is 1. The Labute approximate surface area is 129 Å². The smallest absolute Gasteiger partial charge is 0.291 e. The largest absolute Gasteiger partial charge is 0.319 e. The number of carbonyl (C=O) groups is 1. The van der Waals surface area contributed by atoms with Gasteiger partial charge in [-0.05, 0) is 18.2 Å². The Kier molecular flexibility index (Phi) is 3.55. The van der Waals surface area contributed by atoms with E-state index >= 15 is 0 Å². The van der Waals surface area contributed by atoms with Gasteiger partial charge in [-0.2, -0.15) is 0 Å². The van der Waals surface area contributed by atoms with E-state index in [0.717, 1.165) is 0 Å². The van der Waals surface area contributed by atoms with Crippen LogP contribution < -0.4 is 10.9 Å². The molecule has 3 aromatic rings. The maximum absolute atomic E-state index is 12.2. The highest BCUT2D eigenvalue weighted by molar-refractivity contribution is 6.02. The lowest BCUT2D eigenvalue weighted by atomic mass is 10.2. The van der Waals surface area contributed by atoms with Gasteiger partial charge in [-0.3, -0.25) is 19.7 Å². The maximum atomic E-state index is 12.2. The van der Waals surface area contributed by atoms with Crippen molar-refractivity contribution in [2.75, 3.05) is 5.32 Å². The van der Waals surface area contributed by atoms with Gasteiger partial charge in [-0.25, -0.2) is 4.98 Å². The number of nitro benzene ring substituents is 1. The van der Waals surface area contributed by atoms with Crippen molar-refractivity contribution in [1.29, 1.82) is 0 Å². The molecule has 8 nitrogen and oxygen atoms in total. The number of benzene rings is 2. The van der Waals surface area contributed by atoms with Gasteiger partial charge in [0.25, 0.3) is 17.2 Å². The number of nitro groups is 1. The minimum atomic E-state index is -0.659. The summed E-state index contributed by atoms with van der Waals surface area (Å²) in [4.78, 5) is 40.8. The van der Waals surface area contributed by atoms with Gasteiger partial charge in [-0.15, -0.1) is 0 Å². The van der Waals surface area contributed by atoms with Crippen LogP contribution in [0.2, 0.25) is 0 Å². The van der Waals surface area contributed by atoms with Crippen LogP contribution in [0.5, 0.6) is 0 Å². The molecule has 1 amide bonds. The van der Waals surface area contributed by atoms with Crippen LogP contribution in [0.3, 0.4) is 0 Å². The first kappa shape index (κ1) is 14.4. The van der Waals surface area contributed by atoms with Crippen LogP contribution in [0.4, 0.5) is 11.4 Å². The Morgan fingerprint density at radius 2 is 1.96 bits per heavy atom. The number of rotatable bonds is 3. The van der Waals surface area contributed by atoms with Crippen molar-refractivity contribution in [2.45, 2.75) is 0 Å². The molecule has 0 saturated carbocycles. The predicted octanol–water partition coefficient (Wildman–Crippen LogP) is 2.08. The molecule has 2 N–H and O–H groups in total. The number of fused-ring (bicyclic) bond motifs is 1. The lowest BCUT2D eigenvalue weighted by Gasteiger charge is -2.05. The van der Waals surface area contributed by atoms with Gasteiger partial charge in [0, 0.05) is 17.8 Å². The molecule has 0 aliphatic heterocycles. The van der Waals surface area contributed by atoms with Gasteiger partial charge in [0.05, 0.1) is 15.8 Å². The van der Waals surface area contributed by atoms with Crippen LogP contribution in [0, 0.1) is 10.1 Å². The average Bonchev–Trinajstić information content (AvgIpc) is 2.55. The molecule has 0 fully saturated rings. The maximum Gasteiger partial charge on any atom is 0.291 e. The quantitative estimate of drug-likeness (QED) is 0.567. The highest BCUT2D eigenvalue weighted by Crippen LogP contribution is 2.17. The number of hydrogen-bond donors (Lipinski definition) is 2. The SMILES string of the molecule is O=C(Nc1cccc([N+](=O)[O-])c1)c1nc2ccccc2c(=O)[nH]1. The van der Waals surface area contributed by atoms with Crippen LogP contribution in [0.25, 0.3) is 10.9 Å². The minimum absolute atomic E-state index is 0.150. The molecule has 114 valence electrons. The summed E-state index contributed by atoms with van der Waals surface area (Å²) < 4.78 is 0. The fourth-order valence-corrected chi connectivity index (χ4v) is 2.08. The molecule has 3 rings (SSSR count). The third kappa shape index (κ3) is 2.91. The number of non-ortho nitro benzene ring substituents is 1. The number of aromatic amines is 1. The van der Waals surface area contributed by atoms with Crippen molar-refractivity contribution in [3.63, 3.8) is 0 Å². The first-order valence-corrected chi connectivity index (χ1v) is 6.59. The van der Waals surface area contributed by atoms with Gasteiger partial charge in [0.1, 0.15) is 0 Å². The Bertz CT molecular complexity index is 980. The Morgan fingerprint density at radius 3 is 2.74 bits per heavy atom. The van der Waals surface area contributed by atoms with E-state index < -0.39 is 16.4 Å². The van der Waals surface area contributed by atoms with E-state index in [0.29, 0.717) is 10.9 Å². The number of nitrogens with zero attached hydrogens (tertiary/aromatic N) is 2. The van der Waals surface area contributed by atoms with E-state index in [1.54, 1.807) is 24.3 Å². The Morgan fingerprint density at radius 1 is 1.17 bits per heavy atom. The summed E-state index contributed by atoms with van der Waals surface area (Å²) in [6, 6.07) is 12.1. The van der Waals surface area contributed by atoms with Crippen molar-refractivity contribution in [3.8, 4) is 0 Å². The zero-order chi connectivity index (χ0) is 16.4. The summed E-state index contributed by atoms with van der Waals surface area (Å²) in [5, 5.41) is 13.6. The second kappa shape index (κ2) is 5.68. The van der Waals surface area contributed by atoms with Crippen molar-refractivity contribution in [2.24, 2.45) is 0 Å². The summed E-state index contributed by atoms with van der Waals surface area (Å²) in [6.45, 7) is 0. The van der Waals surface area contributed by atoms with E-state index in [2.05, 4.69) is 15.3 Å². The third-order valence-electron chi connectivity index (χ3n) is 3.14. The van der Waals surface area contributed by atoms with Gasteiger partial charge < -0.3 is 10.3 Å². The number of carbonyl (C=O) groups excluding carboxylic acids is 1. The molecule has 8 heteroatoms.